The van der Waals surface area contributed by atoms with Crippen molar-refractivity contribution >= 4 is 6.03 Å². The van der Waals surface area contributed by atoms with E-state index in [0.29, 0.717) is 6.04 Å². The van der Waals surface area contributed by atoms with Crippen molar-refractivity contribution in [1.82, 2.24) is 15.1 Å². The van der Waals surface area contributed by atoms with Gasteiger partial charge in [-0.1, -0.05) is 19.8 Å². The topological polar surface area (TPSA) is 35.6 Å². The van der Waals surface area contributed by atoms with Crippen LogP contribution >= 0.6 is 0 Å². The fraction of sp³-hybridized carbons (Fsp3) is 0.929. The largest absolute Gasteiger partial charge is 0.338 e. The van der Waals surface area contributed by atoms with Gasteiger partial charge >= 0.3 is 6.03 Å². The molecule has 2 aliphatic rings. The van der Waals surface area contributed by atoms with Crippen LogP contribution in [0, 0.1) is 0 Å². The van der Waals surface area contributed by atoms with Gasteiger partial charge in [-0.15, -0.1) is 0 Å². The number of carbonyl (C=O) groups excluding carboxylic acids is 1. The average molecular weight is 253 g/mol. The second-order valence-corrected chi connectivity index (χ2v) is 5.57. The molecule has 0 bridgehead atoms. The lowest BCUT2D eigenvalue weighted by molar-refractivity contribution is 0.161. The molecule has 0 aliphatic carbocycles. The van der Waals surface area contributed by atoms with Crippen molar-refractivity contribution in [3.05, 3.63) is 0 Å². The van der Waals surface area contributed by atoms with Crippen molar-refractivity contribution in [1.29, 1.82) is 0 Å². The van der Waals surface area contributed by atoms with Gasteiger partial charge < -0.3 is 10.2 Å². The van der Waals surface area contributed by atoms with Crippen LogP contribution in [0.1, 0.15) is 45.4 Å². The van der Waals surface area contributed by atoms with E-state index >= 15 is 0 Å². The van der Waals surface area contributed by atoms with Gasteiger partial charge in [-0.2, -0.15) is 0 Å². The van der Waals surface area contributed by atoms with Crippen molar-refractivity contribution < 1.29 is 4.79 Å². The SMILES string of the molecule is CCCCNC(=O)N1CCC(N2CCCCC2)C1. The minimum atomic E-state index is 0.142. The molecule has 1 atom stereocenters. The first kappa shape index (κ1) is 13.7. The Bertz CT molecular complexity index is 264. The lowest BCUT2D eigenvalue weighted by atomic mass is 10.1. The van der Waals surface area contributed by atoms with E-state index in [0.717, 1.165) is 38.9 Å². The van der Waals surface area contributed by atoms with Crippen molar-refractivity contribution in [3.63, 3.8) is 0 Å². The van der Waals surface area contributed by atoms with E-state index in [-0.39, 0.29) is 6.03 Å². The zero-order valence-corrected chi connectivity index (χ0v) is 11.7. The average Bonchev–Trinajstić information content (AvgIpc) is 2.89. The van der Waals surface area contributed by atoms with Crippen molar-refractivity contribution in [3.8, 4) is 0 Å². The lowest BCUT2D eigenvalue weighted by Gasteiger charge is -2.32. The third kappa shape index (κ3) is 3.61. The molecule has 0 aromatic heterocycles. The highest BCUT2D eigenvalue weighted by Gasteiger charge is 2.30. The summed E-state index contributed by atoms with van der Waals surface area (Å²) in [6.45, 7) is 7.29. The number of amides is 2. The maximum absolute atomic E-state index is 11.9. The Morgan fingerprint density at radius 2 is 2.00 bits per heavy atom. The van der Waals surface area contributed by atoms with E-state index in [1.54, 1.807) is 0 Å². The Morgan fingerprint density at radius 3 is 2.72 bits per heavy atom. The first-order valence-corrected chi connectivity index (χ1v) is 7.58. The van der Waals surface area contributed by atoms with E-state index in [9.17, 15) is 4.79 Å². The Balaban J connectivity index is 1.71. The molecule has 0 spiro atoms. The molecule has 2 heterocycles. The molecular formula is C14H27N3O. The third-order valence-corrected chi connectivity index (χ3v) is 4.16. The number of hydrogen-bond acceptors (Lipinski definition) is 2. The highest BCUT2D eigenvalue weighted by molar-refractivity contribution is 5.74. The van der Waals surface area contributed by atoms with Crippen LogP contribution in [0.25, 0.3) is 0 Å². The molecule has 0 aromatic rings. The predicted molar refractivity (Wildman–Crippen MR) is 73.7 cm³/mol. The minimum absolute atomic E-state index is 0.142. The Morgan fingerprint density at radius 1 is 1.22 bits per heavy atom. The number of carbonyl (C=O) groups is 1. The second-order valence-electron chi connectivity index (χ2n) is 5.57. The number of unbranched alkanes of at least 4 members (excludes halogenated alkanes) is 1. The van der Waals surface area contributed by atoms with Crippen LogP contribution in [0.3, 0.4) is 0 Å². The van der Waals surface area contributed by atoms with Gasteiger partial charge in [-0.05, 0) is 38.8 Å². The van der Waals surface area contributed by atoms with Gasteiger partial charge in [0.1, 0.15) is 0 Å². The van der Waals surface area contributed by atoms with E-state index in [1.165, 1.54) is 32.4 Å². The zero-order valence-electron chi connectivity index (χ0n) is 11.7. The summed E-state index contributed by atoms with van der Waals surface area (Å²) < 4.78 is 0. The Kier molecular flexibility index (Phi) is 5.29. The third-order valence-electron chi connectivity index (χ3n) is 4.16. The van der Waals surface area contributed by atoms with Gasteiger partial charge in [0, 0.05) is 25.7 Å². The van der Waals surface area contributed by atoms with Crippen LogP contribution in [-0.4, -0.2) is 54.6 Å². The summed E-state index contributed by atoms with van der Waals surface area (Å²) in [7, 11) is 0. The normalized spacial score (nSPS) is 25.4. The maximum atomic E-state index is 11.9. The first-order chi connectivity index (χ1) is 8.81. The molecule has 0 aromatic carbocycles. The molecule has 18 heavy (non-hydrogen) atoms. The Labute approximate surface area is 111 Å². The van der Waals surface area contributed by atoms with Gasteiger partial charge in [0.2, 0.25) is 0 Å². The van der Waals surface area contributed by atoms with E-state index < -0.39 is 0 Å². The smallest absolute Gasteiger partial charge is 0.317 e. The number of piperidine rings is 1. The molecule has 0 radical (unpaired) electrons. The van der Waals surface area contributed by atoms with Gasteiger partial charge in [0.15, 0.2) is 0 Å². The standard InChI is InChI=1S/C14H27N3O/c1-2-3-8-15-14(18)17-11-7-13(12-17)16-9-5-4-6-10-16/h13H,2-12H2,1H3,(H,15,18). The predicted octanol–water partition coefficient (Wildman–Crippen LogP) is 2.06. The molecule has 2 aliphatic heterocycles. The van der Waals surface area contributed by atoms with Crippen molar-refractivity contribution in [2.45, 2.75) is 51.5 Å². The number of nitrogens with zero attached hydrogens (tertiary/aromatic N) is 2. The molecule has 0 saturated carbocycles. The van der Waals surface area contributed by atoms with Crippen LogP contribution in [0.2, 0.25) is 0 Å². The van der Waals surface area contributed by atoms with Crippen molar-refractivity contribution in [2.24, 2.45) is 0 Å². The summed E-state index contributed by atoms with van der Waals surface area (Å²) in [5.74, 6) is 0. The van der Waals surface area contributed by atoms with E-state index in [2.05, 4.69) is 17.1 Å². The molecule has 1 unspecified atom stereocenters. The van der Waals surface area contributed by atoms with Gasteiger partial charge in [-0.3, -0.25) is 4.90 Å². The summed E-state index contributed by atoms with van der Waals surface area (Å²) in [4.78, 5) is 16.5. The van der Waals surface area contributed by atoms with Crippen LogP contribution in [0.15, 0.2) is 0 Å². The fourth-order valence-electron chi connectivity index (χ4n) is 2.99. The number of hydrogen-bond donors (Lipinski definition) is 1. The van der Waals surface area contributed by atoms with Crippen molar-refractivity contribution in [2.75, 3.05) is 32.7 Å². The molecule has 2 fully saturated rings. The van der Waals surface area contributed by atoms with Gasteiger partial charge in [0.25, 0.3) is 0 Å². The number of likely N-dealkylation sites (tertiary alicyclic amines) is 2. The van der Waals surface area contributed by atoms with Crippen LogP contribution < -0.4 is 5.32 Å². The second kappa shape index (κ2) is 6.98. The first-order valence-electron chi connectivity index (χ1n) is 7.58. The lowest BCUT2D eigenvalue weighted by Crippen LogP contribution is -2.44. The fourth-order valence-corrected chi connectivity index (χ4v) is 2.99. The zero-order chi connectivity index (χ0) is 12.8. The monoisotopic (exact) mass is 253 g/mol. The van der Waals surface area contributed by atoms with E-state index in [1.807, 2.05) is 4.90 Å². The van der Waals surface area contributed by atoms with Gasteiger partial charge in [-0.25, -0.2) is 4.79 Å². The summed E-state index contributed by atoms with van der Waals surface area (Å²) in [6.07, 6.45) is 7.41. The van der Waals surface area contributed by atoms with E-state index in [4.69, 9.17) is 0 Å². The highest BCUT2D eigenvalue weighted by atomic mass is 16.2. The minimum Gasteiger partial charge on any atom is -0.338 e. The molecule has 4 nitrogen and oxygen atoms in total. The van der Waals surface area contributed by atoms with Gasteiger partial charge in [0.05, 0.1) is 0 Å². The molecule has 104 valence electrons. The Hall–Kier alpha value is -0.770. The molecule has 1 N–H and O–H groups in total. The van der Waals surface area contributed by atoms with Crippen LogP contribution in [0.4, 0.5) is 4.79 Å². The number of urea groups is 1. The number of rotatable bonds is 4. The highest BCUT2D eigenvalue weighted by Crippen LogP contribution is 2.20. The maximum Gasteiger partial charge on any atom is 0.317 e. The number of nitrogens with one attached hydrogen (secondary N) is 1. The summed E-state index contributed by atoms with van der Waals surface area (Å²) in [5.41, 5.74) is 0. The molecule has 2 saturated heterocycles. The summed E-state index contributed by atoms with van der Waals surface area (Å²) in [6, 6.07) is 0.755. The molecular weight excluding hydrogens is 226 g/mol. The van der Waals surface area contributed by atoms with Crippen LogP contribution in [-0.2, 0) is 0 Å². The molecule has 4 heteroatoms. The summed E-state index contributed by atoms with van der Waals surface area (Å²) >= 11 is 0. The molecule has 2 rings (SSSR count). The quantitative estimate of drug-likeness (QED) is 0.778. The molecule has 2 amide bonds. The summed E-state index contributed by atoms with van der Waals surface area (Å²) in [5, 5.41) is 3.02. The van der Waals surface area contributed by atoms with Crippen LogP contribution in [0.5, 0.6) is 0 Å².